The Morgan fingerprint density at radius 2 is 2.24 bits per heavy atom. The molecule has 0 aliphatic heterocycles. The maximum atomic E-state index is 12.2. The molecule has 2 aromatic rings. The summed E-state index contributed by atoms with van der Waals surface area (Å²) in [5.41, 5.74) is 2.96. The van der Waals surface area contributed by atoms with Crippen molar-refractivity contribution in [1.82, 2.24) is 5.43 Å². The van der Waals surface area contributed by atoms with Crippen molar-refractivity contribution in [1.29, 1.82) is 0 Å². The highest BCUT2D eigenvalue weighted by atomic mass is 79.9. The number of carbonyl (C=O) groups excluding carboxylic acids is 1. The van der Waals surface area contributed by atoms with Gasteiger partial charge >= 0.3 is 0 Å². The van der Waals surface area contributed by atoms with Crippen LogP contribution in [0.2, 0.25) is 0 Å². The minimum atomic E-state index is -0.306. The summed E-state index contributed by atoms with van der Waals surface area (Å²) in [7, 11) is 0. The van der Waals surface area contributed by atoms with Gasteiger partial charge in [-0.15, -0.1) is 11.3 Å². The molecule has 1 aromatic heterocycles. The van der Waals surface area contributed by atoms with Crippen molar-refractivity contribution in [3.63, 3.8) is 0 Å². The molecule has 2 rings (SSSR count). The molecule has 0 bridgehead atoms. The van der Waals surface area contributed by atoms with Gasteiger partial charge in [0.05, 0.1) is 17.9 Å². The van der Waals surface area contributed by atoms with Gasteiger partial charge in [0.2, 0.25) is 0 Å². The Labute approximate surface area is 136 Å². The molecule has 6 heteroatoms. The van der Waals surface area contributed by atoms with Crippen molar-refractivity contribution in [3.8, 4) is 5.75 Å². The summed E-state index contributed by atoms with van der Waals surface area (Å²) in [4.78, 5) is 13.2. The Morgan fingerprint density at radius 3 is 2.90 bits per heavy atom. The maximum Gasteiger partial charge on any atom is 0.275 e. The Kier molecular flexibility index (Phi) is 5.52. The molecule has 1 aromatic carbocycles. The molecule has 4 nitrogen and oxygen atoms in total. The topological polar surface area (TPSA) is 50.7 Å². The highest BCUT2D eigenvalue weighted by Gasteiger charge is 2.13. The second-order valence-corrected chi connectivity index (χ2v) is 6.42. The van der Waals surface area contributed by atoms with E-state index in [1.54, 1.807) is 29.7 Å². The van der Waals surface area contributed by atoms with Crippen LogP contribution in [-0.4, -0.2) is 18.2 Å². The number of hydrogen-bond acceptors (Lipinski definition) is 4. The van der Waals surface area contributed by atoms with Crippen LogP contribution in [0.3, 0.4) is 0 Å². The summed E-state index contributed by atoms with van der Waals surface area (Å²) in [6.07, 6.45) is 1.61. The molecule has 0 saturated heterocycles. The summed E-state index contributed by atoms with van der Waals surface area (Å²) in [5.74, 6) is 0.233. The Hall–Kier alpha value is -1.66. The molecule has 0 fully saturated rings. The molecule has 0 aliphatic carbocycles. The molecule has 0 atom stereocenters. The van der Waals surface area contributed by atoms with Crippen molar-refractivity contribution >= 4 is 39.4 Å². The minimum absolute atomic E-state index is 0.00709. The lowest BCUT2D eigenvalue weighted by Crippen LogP contribution is -2.19. The fraction of sp³-hybridized carbons (Fsp3) is 0.200. The molecular formula is C15H15BrN2O2S. The van der Waals surface area contributed by atoms with Gasteiger partial charge in [0.25, 0.3) is 5.91 Å². The van der Waals surface area contributed by atoms with Crippen LogP contribution in [0.5, 0.6) is 5.75 Å². The zero-order valence-electron chi connectivity index (χ0n) is 11.7. The average molecular weight is 367 g/mol. The molecular weight excluding hydrogens is 352 g/mol. The van der Waals surface area contributed by atoms with Crippen molar-refractivity contribution in [2.45, 2.75) is 20.0 Å². The van der Waals surface area contributed by atoms with E-state index in [4.69, 9.17) is 4.74 Å². The van der Waals surface area contributed by atoms with Crippen molar-refractivity contribution in [2.24, 2.45) is 5.10 Å². The molecule has 21 heavy (non-hydrogen) atoms. The molecule has 0 aliphatic rings. The number of nitrogens with one attached hydrogen (secondary N) is 1. The Balaban J connectivity index is 2.12. The lowest BCUT2D eigenvalue weighted by atomic mass is 10.2. The molecule has 0 saturated carbocycles. The quantitative estimate of drug-likeness (QED) is 0.640. The van der Waals surface area contributed by atoms with Crippen LogP contribution in [0.15, 0.2) is 45.3 Å². The number of carbonyl (C=O) groups is 1. The monoisotopic (exact) mass is 366 g/mol. The largest absolute Gasteiger partial charge is 0.490 e. The molecule has 110 valence electrons. The van der Waals surface area contributed by atoms with E-state index in [1.807, 2.05) is 37.4 Å². The highest BCUT2D eigenvalue weighted by Crippen LogP contribution is 2.24. The molecule has 0 radical (unpaired) electrons. The zero-order valence-corrected chi connectivity index (χ0v) is 14.1. The Morgan fingerprint density at radius 1 is 1.43 bits per heavy atom. The second-order valence-electron chi connectivity index (χ2n) is 4.52. The summed E-state index contributed by atoms with van der Waals surface area (Å²) in [5, 5.41) is 5.91. The molecule has 0 spiro atoms. The smallest absolute Gasteiger partial charge is 0.275 e. The lowest BCUT2D eigenvalue weighted by molar-refractivity contribution is 0.0949. The number of amides is 1. The van der Waals surface area contributed by atoms with Gasteiger partial charge in [-0.1, -0.05) is 22.0 Å². The number of halogens is 1. The first-order valence-corrected chi connectivity index (χ1v) is 8.06. The van der Waals surface area contributed by atoms with Crippen molar-refractivity contribution in [3.05, 3.63) is 50.6 Å². The van der Waals surface area contributed by atoms with Gasteiger partial charge in [-0.3, -0.25) is 4.79 Å². The van der Waals surface area contributed by atoms with E-state index in [2.05, 4.69) is 26.5 Å². The third kappa shape index (κ3) is 4.68. The highest BCUT2D eigenvalue weighted by molar-refractivity contribution is 9.10. The van der Waals surface area contributed by atoms with Crippen LogP contribution in [0.4, 0.5) is 0 Å². The van der Waals surface area contributed by atoms with Crippen LogP contribution in [0, 0.1) is 0 Å². The second kappa shape index (κ2) is 7.38. The number of benzene rings is 1. The van der Waals surface area contributed by atoms with E-state index in [9.17, 15) is 4.79 Å². The minimum Gasteiger partial charge on any atom is -0.490 e. The van der Waals surface area contributed by atoms with E-state index >= 15 is 0 Å². The normalized spacial score (nSPS) is 11.0. The van der Waals surface area contributed by atoms with Crippen LogP contribution in [0.1, 0.15) is 29.1 Å². The standard InChI is InChI=1S/C15H15BrN2O2S/c1-10(2)20-14-6-5-11(16)8-13(14)15(19)18-17-9-12-4-3-7-21-12/h3-10H,1-2H3,(H,18,19)/b17-9+. The van der Waals surface area contributed by atoms with E-state index in [0.717, 1.165) is 9.35 Å². The van der Waals surface area contributed by atoms with E-state index in [1.165, 1.54) is 0 Å². The molecule has 1 amide bonds. The predicted molar refractivity (Wildman–Crippen MR) is 89.3 cm³/mol. The van der Waals surface area contributed by atoms with E-state index < -0.39 is 0 Å². The molecule has 1 heterocycles. The first kappa shape index (κ1) is 15.7. The van der Waals surface area contributed by atoms with Gasteiger partial charge in [-0.25, -0.2) is 5.43 Å². The van der Waals surface area contributed by atoms with E-state index in [-0.39, 0.29) is 12.0 Å². The van der Waals surface area contributed by atoms with E-state index in [0.29, 0.717) is 11.3 Å². The van der Waals surface area contributed by atoms with Gasteiger partial charge in [0, 0.05) is 9.35 Å². The SMILES string of the molecule is CC(C)Oc1ccc(Br)cc1C(=O)N/N=C/c1cccs1. The van der Waals surface area contributed by atoms with Gasteiger partial charge in [0.15, 0.2) is 0 Å². The average Bonchev–Trinajstić information content (AvgIpc) is 2.93. The summed E-state index contributed by atoms with van der Waals surface area (Å²) in [6.45, 7) is 3.83. The third-order valence-electron chi connectivity index (χ3n) is 2.45. The summed E-state index contributed by atoms with van der Waals surface area (Å²) >= 11 is 4.91. The van der Waals surface area contributed by atoms with Crippen molar-refractivity contribution in [2.75, 3.05) is 0 Å². The van der Waals surface area contributed by atoms with Crippen LogP contribution < -0.4 is 10.2 Å². The molecule has 0 unspecified atom stereocenters. The van der Waals surface area contributed by atoms with Crippen molar-refractivity contribution < 1.29 is 9.53 Å². The zero-order chi connectivity index (χ0) is 15.2. The number of ether oxygens (including phenoxy) is 1. The number of hydrogen-bond donors (Lipinski definition) is 1. The van der Waals surface area contributed by atoms with Gasteiger partial charge in [-0.05, 0) is 43.5 Å². The summed E-state index contributed by atoms with van der Waals surface area (Å²) < 4.78 is 6.45. The van der Waals surface area contributed by atoms with Gasteiger partial charge < -0.3 is 4.74 Å². The maximum absolute atomic E-state index is 12.2. The van der Waals surface area contributed by atoms with Gasteiger partial charge in [0.1, 0.15) is 5.75 Å². The number of nitrogens with zero attached hydrogens (tertiary/aromatic N) is 1. The fourth-order valence-corrected chi connectivity index (χ4v) is 2.56. The first-order valence-electron chi connectivity index (χ1n) is 6.39. The van der Waals surface area contributed by atoms with Crippen LogP contribution >= 0.6 is 27.3 Å². The number of thiophene rings is 1. The lowest BCUT2D eigenvalue weighted by Gasteiger charge is -2.13. The Bertz CT molecular complexity index is 639. The van der Waals surface area contributed by atoms with Crippen LogP contribution in [-0.2, 0) is 0 Å². The third-order valence-corrected chi connectivity index (χ3v) is 3.75. The first-order chi connectivity index (χ1) is 10.1. The summed E-state index contributed by atoms with van der Waals surface area (Å²) in [6, 6.07) is 9.17. The number of rotatable bonds is 5. The van der Waals surface area contributed by atoms with Gasteiger partial charge in [-0.2, -0.15) is 5.10 Å². The predicted octanol–water partition coefficient (Wildman–Crippen LogP) is 4.06. The van der Waals surface area contributed by atoms with Crippen LogP contribution in [0.25, 0.3) is 0 Å². The fourth-order valence-electron chi connectivity index (χ4n) is 1.62. The molecule has 1 N–H and O–H groups in total. The number of hydrazone groups is 1.